The molecule has 1 atom stereocenters. The van der Waals surface area contributed by atoms with E-state index in [1.54, 1.807) is 0 Å². The van der Waals surface area contributed by atoms with E-state index in [1.165, 1.54) is 27.8 Å². The standard InChI is InChI=1S/C30H34N5OP/c1-23-14-16-24(17-15-23)32-37(34-18-20-36-21-19-34)28(22-31-35(37)25-10-6-5-7-11-25)29-30(2,3)26-12-8-9-13-27(26)33(29)4/h5-17,22H,18-21H2,1-4H3/b29-28+. The average Bonchev–Trinajstić information content (AvgIpc) is 3.38. The number of aryl methyl sites for hydroxylation is 1. The number of fused-ring (bicyclic) bond motifs is 1. The van der Waals surface area contributed by atoms with Crippen molar-refractivity contribution >= 4 is 30.6 Å². The monoisotopic (exact) mass is 511 g/mol. The summed E-state index contributed by atoms with van der Waals surface area (Å²) in [6.45, 7) is 9.78. The number of hydrazone groups is 1. The number of rotatable bonds is 3. The van der Waals surface area contributed by atoms with Crippen LogP contribution in [0.3, 0.4) is 0 Å². The third kappa shape index (κ3) is 3.86. The summed E-state index contributed by atoms with van der Waals surface area (Å²) < 4.78 is 16.3. The van der Waals surface area contributed by atoms with Crippen LogP contribution < -0.4 is 9.68 Å². The lowest BCUT2D eigenvalue weighted by Crippen LogP contribution is -2.38. The number of hydrogen-bond donors (Lipinski definition) is 0. The average molecular weight is 512 g/mol. The van der Waals surface area contributed by atoms with E-state index < -0.39 is 7.36 Å². The van der Waals surface area contributed by atoms with Crippen LogP contribution in [-0.2, 0) is 10.2 Å². The summed E-state index contributed by atoms with van der Waals surface area (Å²) in [6.07, 6.45) is 2.09. The van der Waals surface area contributed by atoms with Crippen molar-refractivity contribution in [3.8, 4) is 0 Å². The Kier molecular flexibility index (Phi) is 6.07. The van der Waals surface area contributed by atoms with Crippen LogP contribution in [0, 0.1) is 6.92 Å². The van der Waals surface area contributed by atoms with Gasteiger partial charge in [0.15, 0.2) is 7.36 Å². The van der Waals surface area contributed by atoms with Crippen molar-refractivity contribution in [2.45, 2.75) is 26.2 Å². The predicted octanol–water partition coefficient (Wildman–Crippen LogP) is 7.14. The van der Waals surface area contributed by atoms with E-state index >= 15 is 0 Å². The zero-order valence-corrected chi connectivity index (χ0v) is 22.9. The molecule has 3 aromatic carbocycles. The van der Waals surface area contributed by atoms with E-state index in [-0.39, 0.29) is 5.41 Å². The van der Waals surface area contributed by atoms with Crippen LogP contribution >= 0.6 is 7.36 Å². The molecular formula is C30H34N5OP. The largest absolute Gasteiger partial charge is 0.379 e. The highest BCUT2D eigenvalue weighted by atomic mass is 31.2. The second-order valence-electron chi connectivity index (χ2n) is 10.4. The maximum atomic E-state index is 5.83. The first-order valence-corrected chi connectivity index (χ1v) is 14.6. The van der Waals surface area contributed by atoms with Crippen LogP contribution in [0.4, 0.5) is 17.1 Å². The Labute approximate surface area is 220 Å². The molecule has 3 heterocycles. The molecule has 0 amide bonds. The van der Waals surface area contributed by atoms with E-state index in [0.29, 0.717) is 13.2 Å². The van der Waals surface area contributed by atoms with Gasteiger partial charge in [0.25, 0.3) is 0 Å². The van der Waals surface area contributed by atoms with Crippen molar-refractivity contribution in [3.63, 3.8) is 0 Å². The van der Waals surface area contributed by atoms with E-state index in [9.17, 15) is 0 Å². The van der Waals surface area contributed by atoms with Crippen LogP contribution in [0.5, 0.6) is 0 Å². The number of likely N-dealkylation sites (N-methyl/N-ethyl adjacent to an activating group) is 1. The zero-order chi connectivity index (χ0) is 25.6. The van der Waals surface area contributed by atoms with Crippen LogP contribution in [0.2, 0.25) is 0 Å². The van der Waals surface area contributed by atoms with Gasteiger partial charge in [-0.05, 0) is 42.8 Å². The quantitative estimate of drug-likeness (QED) is 0.351. The Bertz CT molecular complexity index is 1420. The van der Waals surface area contributed by atoms with Gasteiger partial charge in [-0.3, -0.25) is 0 Å². The first-order valence-electron chi connectivity index (χ1n) is 12.9. The van der Waals surface area contributed by atoms with Crippen LogP contribution in [0.15, 0.2) is 99.7 Å². The number of anilines is 2. The van der Waals surface area contributed by atoms with Gasteiger partial charge in [-0.2, -0.15) is 5.10 Å². The molecule has 0 N–H and O–H groups in total. The number of hydrogen-bond acceptors (Lipinski definition) is 4. The Morgan fingerprint density at radius 3 is 2.27 bits per heavy atom. The van der Waals surface area contributed by atoms with Crippen LogP contribution in [0.25, 0.3) is 0 Å². The molecule has 37 heavy (non-hydrogen) atoms. The Morgan fingerprint density at radius 2 is 1.57 bits per heavy atom. The normalized spacial score (nSPS) is 25.0. The molecule has 0 aliphatic carbocycles. The molecule has 6 nitrogen and oxygen atoms in total. The number of allylic oxidation sites excluding steroid dienone is 2. The lowest BCUT2D eigenvalue weighted by molar-refractivity contribution is 0.0743. The van der Waals surface area contributed by atoms with Gasteiger partial charge in [0.2, 0.25) is 0 Å². The van der Waals surface area contributed by atoms with Gasteiger partial charge >= 0.3 is 0 Å². The molecule has 0 radical (unpaired) electrons. The van der Waals surface area contributed by atoms with E-state index in [2.05, 4.69) is 127 Å². The minimum absolute atomic E-state index is 0.195. The Morgan fingerprint density at radius 1 is 0.892 bits per heavy atom. The van der Waals surface area contributed by atoms with Gasteiger partial charge in [0, 0.05) is 36.9 Å². The van der Waals surface area contributed by atoms with Gasteiger partial charge in [0.1, 0.15) is 0 Å². The molecule has 1 fully saturated rings. The third-order valence-electron chi connectivity index (χ3n) is 7.64. The zero-order valence-electron chi connectivity index (χ0n) is 22.0. The smallest absolute Gasteiger partial charge is 0.180 e. The maximum Gasteiger partial charge on any atom is 0.180 e. The number of nitrogens with zero attached hydrogens (tertiary/aromatic N) is 5. The first-order chi connectivity index (χ1) is 17.9. The fourth-order valence-electron chi connectivity index (χ4n) is 5.84. The molecule has 3 aliphatic rings. The highest BCUT2D eigenvalue weighted by molar-refractivity contribution is 7.71. The van der Waals surface area contributed by atoms with Crippen molar-refractivity contribution in [3.05, 3.63) is 101 Å². The molecule has 0 bridgehead atoms. The highest BCUT2D eigenvalue weighted by Crippen LogP contribution is 2.70. The molecule has 1 saturated heterocycles. The van der Waals surface area contributed by atoms with Crippen molar-refractivity contribution < 1.29 is 4.74 Å². The first kappa shape index (κ1) is 24.2. The third-order valence-corrected chi connectivity index (χ3v) is 11.2. The number of para-hydroxylation sites is 2. The second-order valence-corrected chi connectivity index (χ2v) is 13.1. The minimum Gasteiger partial charge on any atom is -0.379 e. The topological polar surface area (TPSA) is 43.7 Å². The number of morpholine rings is 1. The summed E-state index contributed by atoms with van der Waals surface area (Å²) >= 11 is 0. The fourth-order valence-corrected chi connectivity index (χ4v) is 9.66. The summed E-state index contributed by atoms with van der Waals surface area (Å²) in [4.78, 5) is 2.37. The summed E-state index contributed by atoms with van der Waals surface area (Å²) in [5.74, 6) is 0. The molecule has 0 aromatic heterocycles. The minimum atomic E-state index is -2.57. The van der Waals surface area contributed by atoms with Gasteiger partial charge in [-0.15, -0.1) is 0 Å². The summed E-state index contributed by atoms with van der Waals surface area (Å²) in [6, 6.07) is 27.8. The van der Waals surface area contributed by atoms with Gasteiger partial charge in [0.05, 0.1) is 36.1 Å². The summed E-state index contributed by atoms with van der Waals surface area (Å²) in [5, 5.41) is 6.34. The summed E-state index contributed by atoms with van der Waals surface area (Å²) in [5.41, 5.74) is 6.92. The molecule has 6 rings (SSSR count). The van der Waals surface area contributed by atoms with Crippen molar-refractivity contribution in [1.82, 2.24) is 4.67 Å². The van der Waals surface area contributed by atoms with Gasteiger partial charge in [-0.25, -0.2) is 14.2 Å². The molecule has 7 heteroatoms. The van der Waals surface area contributed by atoms with E-state index in [1.807, 2.05) is 0 Å². The van der Waals surface area contributed by atoms with Gasteiger partial charge in [-0.1, -0.05) is 67.9 Å². The van der Waals surface area contributed by atoms with Gasteiger partial charge < -0.3 is 9.64 Å². The Balaban J connectivity index is 1.68. The highest BCUT2D eigenvalue weighted by Gasteiger charge is 2.49. The van der Waals surface area contributed by atoms with Crippen LogP contribution in [0.1, 0.15) is 25.0 Å². The molecular weight excluding hydrogens is 477 g/mol. The van der Waals surface area contributed by atoms with Crippen molar-refractivity contribution in [1.29, 1.82) is 0 Å². The second kappa shape index (κ2) is 9.29. The molecule has 0 saturated carbocycles. The molecule has 1 unspecified atom stereocenters. The maximum absolute atomic E-state index is 5.83. The lowest BCUT2D eigenvalue weighted by atomic mass is 9.84. The van der Waals surface area contributed by atoms with E-state index in [0.717, 1.165) is 24.5 Å². The lowest BCUT2D eigenvalue weighted by Gasteiger charge is -2.42. The summed E-state index contributed by atoms with van der Waals surface area (Å²) in [7, 11) is -0.380. The molecule has 3 aliphatic heterocycles. The molecule has 3 aromatic rings. The van der Waals surface area contributed by atoms with Crippen molar-refractivity contribution in [2.24, 2.45) is 9.85 Å². The molecule has 190 valence electrons. The van der Waals surface area contributed by atoms with E-state index in [4.69, 9.17) is 14.6 Å². The SMILES string of the molecule is Cc1ccc(N=P2(N3CCOCC3)/C(=C3/N(C)c4ccccc4C3(C)C)C=NN2c2ccccc2)cc1. The fraction of sp³-hybridized carbons (Fsp3) is 0.300. The number of benzene rings is 3. The Hall–Kier alpha value is -3.18. The van der Waals surface area contributed by atoms with Crippen LogP contribution in [-0.4, -0.2) is 44.2 Å². The predicted molar refractivity (Wildman–Crippen MR) is 155 cm³/mol. The number of ether oxygens (including phenoxy) is 1. The molecule has 0 spiro atoms. The van der Waals surface area contributed by atoms with Crippen molar-refractivity contribution in [2.75, 3.05) is 43.0 Å².